The molecule has 0 atom stereocenters. The standard InChI is InChI=1S/C14H22N4/c1-9-16-13(8-15)18(17-9)14-5-10-2-11(6-14)4-12(3-10)7-14/h10-12H,2-8,15H2,1H3. The van der Waals surface area contributed by atoms with Gasteiger partial charge in [0.2, 0.25) is 0 Å². The molecule has 4 nitrogen and oxygen atoms in total. The maximum Gasteiger partial charge on any atom is 0.147 e. The first kappa shape index (κ1) is 11.0. The van der Waals surface area contributed by atoms with E-state index in [-0.39, 0.29) is 5.54 Å². The Morgan fingerprint density at radius 2 is 1.72 bits per heavy atom. The van der Waals surface area contributed by atoms with Crippen LogP contribution in [0.15, 0.2) is 0 Å². The largest absolute Gasteiger partial charge is 0.324 e. The van der Waals surface area contributed by atoms with Crippen molar-refractivity contribution in [3.05, 3.63) is 11.6 Å². The molecule has 5 rings (SSSR count). The Labute approximate surface area is 108 Å². The zero-order valence-corrected chi connectivity index (χ0v) is 11.1. The van der Waals surface area contributed by atoms with Gasteiger partial charge in [-0.3, -0.25) is 0 Å². The van der Waals surface area contributed by atoms with Crippen LogP contribution in [0.25, 0.3) is 0 Å². The summed E-state index contributed by atoms with van der Waals surface area (Å²) >= 11 is 0. The van der Waals surface area contributed by atoms with Gasteiger partial charge in [0.25, 0.3) is 0 Å². The van der Waals surface area contributed by atoms with E-state index in [1.54, 1.807) is 0 Å². The molecule has 0 radical (unpaired) electrons. The Morgan fingerprint density at radius 3 is 2.22 bits per heavy atom. The van der Waals surface area contributed by atoms with Gasteiger partial charge in [0.05, 0.1) is 12.1 Å². The van der Waals surface area contributed by atoms with Crippen LogP contribution in [0.5, 0.6) is 0 Å². The molecule has 0 aliphatic heterocycles. The van der Waals surface area contributed by atoms with Gasteiger partial charge in [-0.15, -0.1) is 0 Å². The Kier molecular flexibility index (Phi) is 2.17. The first-order valence-corrected chi connectivity index (χ1v) is 7.31. The highest BCUT2D eigenvalue weighted by atomic mass is 15.4. The number of nitrogens with two attached hydrogens (primary N) is 1. The maximum absolute atomic E-state index is 5.86. The highest BCUT2D eigenvalue weighted by Gasteiger charge is 2.53. The molecule has 4 aliphatic rings. The first-order valence-electron chi connectivity index (χ1n) is 7.31. The molecule has 1 aromatic rings. The summed E-state index contributed by atoms with van der Waals surface area (Å²) in [5.74, 6) is 4.68. The predicted octanol–water partition coefficient (Wildman–Crippen LogP) is 1.97. The van der Waals surface area contributed by atoms with Gasteiger partial charge in [0.1, 0.15) is 11.6 Å². The van der Waals surface area contributed by atoms with E-state index in [1.807, 2.05) is 6.92 Å². The smallest absolute Gasteiger partial charge is 0.147 e. The molecule has 98 valence electrons. The monoisotopic (exact) mass is 246 g/mol. The van der Waals surface area contributed by atoms with Crippen LogP contribution < -0.4 is 5.73 Å². The van der Waals surface area contributed by atoms with E-state index in [0.717, 1.165) is 29.4 Å². The molecule has 2 N–H and O–H groups in total. The summed E-state index contributed by atoms with van der Waals surface area (Å²) in [7, 11) is 0. The number of aromatic nitrogens is 3. The van der Waals surface area contributed by atoms with E-state index in [9.17, 15) is 0 Å². The lowest BCUT2D eigenvalue weighted by Gasteiger charge is -2.56. The number of nitrogens with zero attached hydrogens (tertiary/aromatic N) is 3. The van der Waals surface area contributed by atoms with Crippen molar-refractivity contribution in [3.63, 3.8) is 0 Å². The highest BCUT2D eigenvalue weighted by Crippen LogP contribution is 2.58. The van der Waals surface area contributed by atoms with Crippen LogP contribution in [0, 0.1) is 24.7 Å². The molecular weight excluding hydrogens is 224 g/mol. The normalized spacial score (nSPS) is 41.6. The Morgan fingerprint density at radius 1 is 1.17 bits per heavy atom. The van der Waals surface area contributed by atoms with Crippen LogP contribution in [-0.4, -0.2) is 14.8 Å². The number of rotatable bonds is 2. The third-order valence-electron chi connectivity index (χ3n) is 5.42. The van der Waals surface area contributed by atoms with Crippen LogP contribution in [0.1, 0.15) is 50.2 Å². The van der Waals surface area contributed by atoms with Crippen LogP contribution in [0.3, 0.4) is 0 Å². The second-order valence-electron chi connectivity index (χ2n) is 6.83. The van der Waals surface area contributed by atoms with E-state index < -0.39 is 0 Å². The summed E-state index contributed by atoms with van der Waals surface area (Å²) in [6, 6.07) is 0. The van der Waals surface area contributed by atoms with E-state index in [2.05, 4.69) is 9.67 Å². The molecule has 4 aliphatic carbocycles. The van der Waals surface area contributed by atoms with Crippen molar-refractivity contribution >= 4 is 0 Å². The van der Waals surface area contributed by atoms with E-state index in [1.165, 1.54) is 38.5 Å². The summed E-state index contributed by atoms with van der Waals surface area (Å²) in [6.45, 7) is 2.50. The SMILES string of the molecule is Cc1nc(CN)n(C23CC4CC(CC(C4)C2)C3)n1. The summed E-state index contributed by atoms with van der Waals surface area (Å²) < 4.78 is 2.23. The van der Waals surface area contributed by atoms with E-state index >= 15 is 0 Å². The highest BCUT2D eigenvalue weighted by molar-refractivity contribution is 5.08. The molecule has 18 heavy (non-hydrogen) atoms. The van der Waals surface area contributed by atoms with Gasteiger partial charge in [-0.2, -0.15) is 5.10 Å². The van der Waals surface area contributed by atoms with E-state index in [4.69, 9.17) is 10.8 Å². The molecule has 1 heterocycles. The fraction of sp³-hybridized carbons (Fsp3) is 0.857. The van der Waals surface area contributed by atoms with Gasteiger partial charge in [-0.1, -0.05) is 0 Å². The zero-order chi connectivity index (χ0) is 12.3. The molecule has 4 heteroatoms. The van der Waals surface area contributed by atoms with Crippen LogP contribution in [-0.2, 0) is 12.1 Å². The summed E-state index contributed by atoms with van der Waals surface area (Å²) in [4.78, 5) is 4.51. The summed E-state index contributed by atoms with van der Waals surface area (Å²) in [5, 5.41) is 4.70. The van der Waals surface area contributed by atoms with Gasteiger partial charge in [0.15, 0.2) is 0 Å². The number of hydrogen-bond donors (Lipinski definition) is 1. The second kappa shape index (κ2) is 3.56. The third kappa shape index (κ3) is 1.41. The first-order chi connectivity index (χ1) is 8.68. The van der Waals surface area contributed by atoms with Crippen molar-refractivity contribution in [3.8, 4) is 0 Å². The van der Waals surface area contributed by atoms with Gasteiger partial charge in [-0.25, -0.2) is 9.67 Å². The van der Waals surface area contributed by atoms with E-state index in [0.29, 0.717) is 6.54 Å². The Bertz CT molecular complexity index is 441. The second-order valence-corrected chi connectivity index (χ2v) is 6.83. The number of hydrogen-bond acceptors (Lipinski definition) is 3. The molecule has 4 bridgehead atoms. The van der Waals surface area contributed by atoms with Crippen LogP contribution in [0.2, 0.25) is 0 Å². The molecule has 4 saturated carbocycles. The van der Waals surface area contributed by atoms with Gasteiger partial charge >= 0.3 is 0 Å². The molecule has 0 amide bonds. The minimum absolute atomic E-state index is 0.269. The predicted molar refractivity (Wildman–Crippen MR) is 68.8 cm³/mol. The maximum atomic E-state index is 5.86. The van der Waals surface area contributed by atoms with Crippen LogP contribution >= 0.6 is 0 Å². The fourth-order valence-corrected chi connectivity index (χ4v) is 5.30. The fourth-order valence-electron chi connectivity index (χ4n) is 5.30. The van der Waals surface area contributed by atoms with Crippen molar-refractivity contribution in [2.24, 2.45) is 23.5 Å². The molecule has 0 unspecified atom stereocenters. The van der Waals surface area contributed by atoms with Crippen molar-refractivity contribution in [2.75, 3.05) is 0 Å². The third-order valence-corrected chi connectivity index (χ3v) is 5.42. The minimum Gasteiger partial charge on any atom is -0.324 e. The van der Waals surface area contributed by atoms with Gasteiger partial charge < -0.3 is 5.73 Å². The van der Waals surface area contributed by atoms with Crippen molar-refractivity contribution < 1.29 is 0 Å². The van der Waals surface area contributed by atoms with Gasteiger partial charge in [-0.05, 0) is 63.2 Å². The molecule has 1 aromatic heterocycles. The number of aryl methyl sites for hydroxylation is 1. The Balaban J connectivity index is 1.78. The zero-order valence-electron chi connectivity index (χ0n) is 11.1. The van der Waals surface area contributed by atoms with Crippen molar-refractivity contribution in [1.29, 1.82) is 0 Å². The average molecular weight is 246 g/mol. The lowest BCUT2D eigenvalue weighted by Crippen LogP contribution is -2.52. The molecular formula is C14H22N4. The quantitative estimate of drug-likeness (QED) is 0.868. The average Bonchev–Trinajstić information content (AvgIpc) is 2.69. The summed E-state index contributed by atoms with van der Waals surface area (Å²) in [5.41, 5.74) is 6.13. The molecule has 0 spiro atoms. The molecule has 0 aromatic carbocycles. The topological polar surface area (TPSA) is 56.7 Å². The van der Waals surface area contributed by atoms with Crippen LogP contribution in [0.4, 0.5) is 0 Å². The van der Waals surface area contributed by atoms with Gasteiger partial charge in [0, 0.05) is 0 Å². The summed E-state index contributed by atoms with van der Waals surface area (Å²) in [6.07, 6.45) is 8.33. The molecule has 0 saturated heterocycles. The van der Waals surface area contributed by atoms with Crippen molar-refractivity contribution in [1.82, 2.24) is 14.8 Å². The van der Waals surface area contributed by atoms with Crippen molar-refractivity contribution in [2.45, 2.75) is 57.5 Å². The molecule has 4 fully saturated rings. The lowest BCUT2D eigenvalue weighted by molar-refractivity contribution is -0.0510. The Hall–Kier alpha value is -0.900. The lowest BCUT2D eigenvalue weighted by atomic mass is 9.53. The minimum atomic E-state index is 0.269.